The summed E-state index contributed by atoms with van der Waals surface area (Å²) >= 11 is 0. The fourth-order valence-electron chi connectivity index (χ4n) is 3.16. The predicted molar refractivity (Wildman–Crippen MR) is 84.4 cm³/mol. The Labute approximate surface area is 128 Å². The van der Waals surface area contributed by atoms with Gasteiger partial charge in [-0.15, -0.1) is 0 Å². The van der Waals surface area contributed by atoms with Crippen molar-refractivity contribution in [3.8, 4) is 11.5 Å². The summed E-state index contributed by atoms with van der Waals surface area (Å²) in [5, 5.41) is 0. The molecule has 118 valence electrons. The van der Waals surface area contributed by atoms with Crippen LogP contribution in [0.1, 0.15) is 25.8 Å². The molecule has 1 heterocycles. The van der Waals surface area contributed by atoms with Gasteiger partial charge in [-0.3, -0.25) is 0 Å². The molecule has 1 aromatic rings. The van der Waals surface area contributed by atoms with Crippen LogP contribution in [0, 0.1) is 0 Å². The van der Waals surface area contributed by atoms with E-state index < -0.39 is 0 Å². The topological polar surface area (TPSA) is 27.3 Å². The number of piperazine rings is 1. The van der Waals surface area contributed by atoms with Gasteiger partial charge in [0.25, 0.3) is 0 Å². The van der Waals surface area contributed by atoms with Gasteiger partial charge in [0.15, 0.2) is 11.5 Å². The van der Waals surface area contributed by atoms with E-state index in [1.165, 1.54) is 38.2 Å². The van der Waals surface area contributed by atoms with E-state index in [1.54, 1.807) is 24.0 Å². The third-order valence-electron chi connectivity index (χ3n) is 4.81. The largest absolute Gasteiger partial charge is 0.493 e. The molecule has 4 nitrogen and oxygen atoms in total. The Hall–Kier alpha value is -1.26. The van der Waals surface area contributed by atoms with Gasteiger partial charge in [0.1, 0.15) is 32.7 Å². The minimum Gasteiger partial charge on any atom is -0.493 e. The minimum atomic E-state index is 0.799. The molecule has 1 aromatic carbocycles. The van der Waals surface area contributed by atoms with Gasteiger partial charge in [0.2, 0.25) is 0 Å². The monoisotopic (exact) mass is 294 g/mol. The van der Waals surface area contributed by atoms with Gasteiger partial charge in [0.05, 0.1) is 20.3 Å². The summed E-state index contributed by atoms with van der Waals surface area (Å²) in [6, 6.07) is 7.07. The van der Waals surface area contributed by atoms with Crippen molar-refractivity contribution < 1.29 is 19.3 Å². The van der Waals surface area contributed by atoms with E-state index in [4.69, 9.17) is 9.47 Å². The van der Waals surface area contributed by atoms with Crippen molar-refractivity contribution in [2.24, 2.45) is 0 Å². The Kier molecular flexibility index (Phi) is 5.88. The highest BCUT2D eigenvalue weighted by atomic mass is 16.5. The lowest BCUT2D eigenvalue weighted by Crippen LogP contribution is -3.29. The highest BCUT2D eigenvalue weighted by molar-refractivity contribution is 5.42. The normalized spacial score (nSPS) is 23.6. The van der Waals surface area contributed by atoms with Crippen LogP contribution >= 0.6 is 0 Å². The van der Waals surface area contributed by atoms with Gasteiger partial charge in [-0.05, 0) is 31.5 Å². The third kappa shape index (κ3) is 4.11. The lowest BCUT2D eigenvalue weighted by Gasteiger charge is -2.33. The van der Waals surface area contributed by atoms with Crippen molar-refractivity contribution in [1.82, 2.24) is 0 Å². The second-order valence-corrected chi connectivity index (χ2v) is 6.08. The number of benzene rings is 1. The molecule has 1 fully saturated rings. The van der Waals surface area contributed by atoms with Crippen LogP contribution in [0.5, 0.6) is 11.5 Å². The van der Waals surface area contributed by atoms with Gasteiger partial charge >= 0.3 is 0 Å². The second kappa shape index (κ2) is 7.66. The highest BCUT2D eigenvalue weighted by Gasteiger charge is 2.26. The highest BCUT2D eigenvalue weighted by Crippen LogP contribution is 2.27. The Balaban J connectivity index is 1.91. The molecule has 1 saturated heterocycles. The lowest BCUT2D eigenvalue weighted by atomic mass is 10.1. The van der Waals surface area contributed by atoms with Crippen molar-refractivity contribution in [1.29, 1.82) is 0 Å². The molecule has 2 N–H and O–H groups in total. The van der Waals surface area contributed by atoms with Gasteiger partial charge in [-0.2, -0.15) is 0 Å². The zero-order chi connectivity index (χ0) is 15.2. The van der Waals surface area contributed by atoms with Gasteiger partial charge in [-0.25, -0.2) is 0 Å². The number of methoxy groups -OCH3 is 2. The first-order valence-corrected chi connectivity index (χ1v) is 8.07. The number of ether oxygens (including phenoxy) is 2. The standard InChI is InChI=1S/C17H28N2O2/c1-5-14(2)19-10-8-18(9-11-19)13-15-6-7-16(20-3)17(12-15)21-4/h6-7,12,14H,5,8-11,13H2,1-4H3/p+2. The van der Waals surface area contributed by atoms with E-state index in [0.717, 1.165) is 24.1 Å². The maximum atomic E-state index is 5.39. The summed E-state index contributed by atoms with van der Waals surface area (Å²) in [5.41, 5.74) is 1.33. The Morgan fingerprint density at radius 1 is 1.05 bits per heavy atom. The molecule has 0 radical (unpaired) electrons. The molecular weight excluding hydrogens is 264 g/mol. The Morgan fingerprint density at radius 3 is 2.29 bits per heavy atom. The second-order valence-electron chi connectivity index (χ2n) is 6.08. The van der Waals surface area contributed by atoms with Crippen molar-refractivity contribution in [3.05, 3.63) is 23.8 Å². The summed E-state index contributed by atoms with van der Waals surface area (Å²) in [4.78, 5) is 3.45. The molecule has 1 aliphatic rings. The summed E-state index contributed by atoms with van der Waals surface area (Å²) in [6.07, 6.45) is 1.28. The molecule has 1 unspecified atom stereocenters. The lowest BCUT2D eigenvalue weighted by molar-refractivity contribution is -1.03. The maximum absolute atomic E-state index is 5.39. The molecule has 0 spiro atoms. The number of hydrogen-bond acceptors (Lipinski definition) is 2. The van der Waals surface area contributed by atoms with Crippen molar-refractivity contribution >= 4 is 0 Å². The van der Waals surface area contributed by atoms with Gasteiger partial charge in [0, 0.05) is 5.56 Å². The van der Waals surface area contributed by atoms with E-state index in [9.17, 15) is 0 Å². The molecule has 4 heteroatoms. The van der Waals surface area contributed by atoms with Gasteiger partial charge in [-0.1, -0.05) is 6.92 Å². The van der Waals surface area contributed by atoms with Crippen LogP contribution in [-0.4, -0.2) is 46.4 Å². The van der Waals surface area contributed by atoms with Crippen LogP contribution in [0.25, 0.3) is 0 Å². The van der Waals surface area contributed by atoms with Crippen LogP contribution < -0.4 is 19.3 Å². The van der Waals surface area contributed by atoms with Crippen molar-refractivity contribution in [3.63, 3.8) is 0 Å². The maximum Gasteiger partial charge on any atom is 0.161 e. The molecule has 0 saturated carbocycles. The summed E-state index contributed by atoms with van der Waals surface area (Å²) < 4.78 is 10.7. The average Bonchev–Trinajstić information content (AvgIpc) is 2.54. The minimum absolute atomic E-state index is 0.799. The number of rotatable bonds is 6. The first-order valence-electron chi connectivity index (χ1n) is 8.07. The first-order chi connectivity index (χ1) is 10.2. The van der Waals surface area contributed by atoms with Crippen molar-refractivity contribution in [2.75, 3.05) is 40.4 Å². The molecule has 21 heavy (non-hydrogen) atoms. The third-order valence-corrected chi connectivity index (χ3v) is 4.81. The van der Waals surface area contributed by atoms with Crippen LogP contribution in [0.2, 0.25) is 0 Å². The number of quaternary nitrogens is 2. The average molecular weight is 294 g/mol. The SMILES string of the molecule is CCC(C)[NH+]1CC[NH+](Cc2ccc(OC)c(OC)c2)CC1. The predicted octanol–water partition coefficient (Wildman–Crippen LogP) is -0.214. The first kappa shape index (κ1) is 16.1. The zero-order valence-corrected chi connectivity index (χ0v) is 13.9. The fourth-order valence-corrected chi connectivity index (χ4v) is 3.16. The van der Waals surface area contributed by atoms with E-state index in [-0.39, 0.29) is 0 Å². The molecule has 1 atom stereocenters. The van der Waals surface area contributed by atoms with Crippen LogP contribution in [-0.2, 0) is 6.54 Å². The summed E-state index contributed by atoms with van der Waals surface area (Å²) in [7, 11) is 3.38. The number of nitrogens with one attached hydrogen (secondary N) is 2. The fraction of sp³-hybridized carbons (Fsp3) is 0.647. The summed E-state index contributed by atoms with van der Waals surface area (Å²) in [6.45, 7) is 10.8. The molecule has 2 rings (SSSR count). The van der Waals surface area contributed by atoms with Crippen LogP contribution in [0.15, 0.2) is 18.2 Å². The van der Waals surface area contributed by atoms with Crippen molar-refractivity contribution in [2.45, 2.75) is 32.9 Å². The van der Waals surface area contributed by atoms with E-state index >= 15 is 0 Å². The summed E-state index contributed by atoms with van der Waals surface area (Å²) in [5.74, 6) is 1.64. The number of hydrogen-bond donors (Lipinski definition) is 2. The van der Waals surface area contributed by atoms with Crippen LogP contribution in [0.4, 0.5) is 0 Å². The smallest absolute Gasteiger partial charge is 0.161 e. The zero-order valence-electron chi connectivity index (χ0n) is 13.9. The van der Waals surface area contributed by atoms with E-state index in [2.05, 4.69) is 26.0 Å². The quantitative estimate of drug-likeness (QED) is 0.759. The molecular formula is C17H30N2O2+2. The van der Waals surface area contributed by atoms with Crippen LogP contribution in [0.3, 0.4) is 0 Å². The molecule has 0 amide bonds. The molecule has 0 aliphatic carbocycles. The Morgan fingerprint density at radius 2 is 1.71 bits per heavy atom. The van der Waals surface area contributed by atoms with E-state index in [0.29, 0.717) is 0 Å². The molecule has 0 aromatic heterocycles. The molecule has 1 aliphatic heterocycles. The van der Waals surface area contributed by atoms with Gasteiger partial charge < -0.3 is 19.3 Å². The Bertz CT molecular complexity index is 442. The van der Waals surface area contributed by atoms with E-state index in [1.807, 2.05) is 6.07 Å². The molecule has 0 bridgehead atoms.